The molecule has 2 heteroatoms. The van der Waals surface area contributed by atoms with Gasteiger partial charge >= 0.3 is 0 Å². The van der Waals surface area contributed by atoms with Gasteiger partial charge in [-0.2, -0.15) is 0 Å². The van der Waals surface area contributed by atoms with Crippen LogP contribution in [0.1, 0.15) is 49.3 Å². The molecule has 1 saturated heterocycles. The molecule has 17 heavy (non-hydrogen) atoms. The van der Waals surface area contributed by atoms with E-state index < -0.39 is 0 Å². The van der Waals surface area contributed by atoms with Crippen LogP contribution in [-0.2, 0) is 11.3 Å². The lowest BCUT2D eigenvalue weighted by Crippen LogP contribution is -2.13. The van der Waals surface area contributed by atoms with Crippen LogP contribution in [0, 0.1) is 5.92 Å². The molecule has 2 unspecified atom stereocenters. The Morgan fingerprint density at radius 2 is 1.76 bits per heavy atom. The number of benzene rings is 1. The zero-order valence-electron chi connectivity index (χ0n) is 10.3. The van der Waals surface area contributed by atoms with Crippen LogP contribution < -0.4 is 5.73 Å². The molecular weight excluding hydrogens is 210 g/mol. The van der Waals surface area contributed by atoms with Crippen molar-refractivity contribution in [1.29, 1.82) is 0 Å². The van der Waals surface area contributed by atoms with Crippen LogP contribution in [0.15, 0.2) is 24.3 Å². The highest BCUT2D eigenvalue weighted by Crippen LogP contribution is 2.47. The van der Waals surface area contributed by atoms with E-state index in [1.165, 1.54) is 43.2 Å². The second-order valence-electron chi connectivity index (χ2n) is 5.37. The van der Waals surface area contributed by atoms with Gasteiger partial charge < -0.3 is 10.5 Å². The third-order valence-electron chi connectivity index (χ3n) is 4.18. The molecule has 2 atom stereocenters. The van der Waals surface area contributed by atoms with Gasteiger partial charge in [0.15, 0.2) is 0 Å². The SMILES string of the molecule is NCc1ccc(C2OC2C2CCCCC2)cc1. The van der Waals surface area contributed by atoms with Crippen molar-refractivity contribution < 1.29 is 4.74 Å². The van der Waals surface area contributed by atoms with Crippen LogP contribution in [0.5, 0.6) is 0 Å². The Labute approximate surface area is 103 Å². The van der Waals surface area contributed by atoms with Gasteiger partial charge in [0.1, 0.15) is 6.10 Å². The molecule has 1 heterocycles. The molecule has 3 rings (SSSR count). The van der Waals surface area contributed by atoms with Crippen molar-refractivity contribution in [2.45, 2.75) is 50.9 Å². The Bertz CT molecular complexity index is 367. The molecule has 1 aromatic carbocycles. The number of rotatable bonds is 3. The van der Waals surface area contributed by atoms with Gasteiger partial charge in [0, 0.05) is 6.54 Å². The van der Waals surface area contributed by atoms with Crippen molar-refractivity contribution in [3.8, 4) is 0 Å². The number of epoxide rings is 1. The molecule has 2 nitrogen and oxygen atoms in total. The lowest BCUT2D eigenvalue weighted by atomic mass is 9.85. The van der Waals surface area contributed by atoms with Crippen LogP contribution in [0.2, 0.25) is 0 Å². The van der Waals surface area contributed by atoms with Gasteiger partial charge in [0.2, 0.25) is 0 Å². The highest BCUT2D eigenvalue weighted by atomic mass is 16.6. The van der Waals surface area contributed by atoms with E-state index in [2.05, 4.69) is 24.3 Å². The summed E-state index contributed by atoms with van der Waals surface area (Å²) in [6, 6.07) is 8.59. The van der Waals surface area contributed by atoms with Crippen molar-refractivity contribution in [2.24, 2.45) is 11.7 Å². The van der Waals surface area contributed by atoms with E-state index in [1.54, 1.807) is 0 Å². The molecule has 0 spiro atoms. The topological polar surface area (TPSA) is 38.5 Å². The summed E-state index contributed by atoms with van der Waals surface area (Å²) >= 11 is 0. The monoisotopic (exact) mass is 231 g/mol. The molecule has 92 valence electrons. The van der Waals surface area contributed by atoms with Crippen LogP contribution >= 0.6 is 0 Å². The van der Waals surface area contributed by atoms with E-state index in [0.29, 0.717) is 18.8 Å². The molecule has 0 bridgehead atoms. The lowest BCUT2D eigenvalue weighted by Gasteiger charge is -2.19. The molecule has 2 aliphatic rings. The molecule has 0 radical (unpaired) electrons. The Morgan fingerprint density at radius 3 is 2.41 bits per heavy atom. The Balaban J connectivity index is 1.62. The van der Waals surface area contributed by atoms with Crippen molar-refractivity contribution in [3.05, 3.63) is 35.4 Å². The summed E-state index contributed by atoms with van der Waals surface area (Å²) in [6.45, 7) is 0.623. The standard InChI is InChI=1S/C15H21NO/c16-10-11-6-8-13(9-7-11)15-14(17-15)12-4-2-1-3-5-12/h6-9,12,14-15H,1-5,10,16H2. The van der Waals surface area contributed by atoms with E-state index >= 15 is 0 Å². The van der Waals surface area contributed by atoms with Crippen LogP contribution in [0.4, 0.5) is 0 Å². The molecule has 0 aromatic heterocycles. The van der Waals surface area contributed by atoms with Gasteiger partial charge in [0.25, 0.3) is 0 Å². The average molecular weight is 231 g/mol. The van der Waals surface area contributed by atoms with Crippen molar-refractivity contribution in [2.75, 3.05) is 0 Å². The summed E-state index contributed by atoms with van der Waals surface area (Å²) in [5.41, 5.74) is 8.13. The van der Waals surface area contributed by atoms with E-state index in [1.807, 2.05) is 0 Å². The fourth-order valence-electron chi connectivity index (χ4n) is 3.06. The minimum atomic E-state index is 0.366. The number of hydrogen-bond acceptors (Lipinski definition) is 2. The van der Waals surface area contributed by atoms with Crippen LogP contribution in [0.25, 0.3) is 0 Å². The molecule has 1 aliphatic carbocycles. The number of hydrogen-bond donors (Lipinski definition) is 1. The Morgan fingerprint density at radius 1 is 1.06 bits per heavy atom. The Hall–Kier alpha value is -0.860. The summed E-state index contributed by atoms with van der Waals surface area (Å²) in [4.78, 5) is 0. The fourth-order valence-corrected chi connectivity index (χ4v) is 3.06. The van der Waals surface area contributed by atoms with Gasteiger partial charge in [-0.25, -0.2) is 0 Å². The second kappa shape index (κ2) is 4.79. The predicted molar refractivity (Wildman–Crippen MR) is 68.5 cm³/mol. The Kier molecular flexibility index (Phi) is 3.17. The maximum atomic E-state index is 5.88. The van der Waals surface area contributed by atoms with Gasteiger partial charge in [0.05, 0.1) is 6.10 Å². The molecule has 0 amide bonds. The van der Waals surface area contributed by atoms with Crippen molar-refractivity contribution in [3.63, 3.8) is 0 Å². The van der Waals surface area contributed by atoms with Crippen LogP contribution in [0.3, 0.4) is 0 Å². The lowest BCUT2D eigenvalue weighted by molar-refractivity contribution is 0.262. The van der Waals surface area contributed by atoms with Crippen molar-refractivity contribution >= 4 is 0 Å². The number of nitrogens with two attached hydrogens (primary N) is 1. The summed E-state index contributed by atoms with van der Waals surface area (Å²) in [7, 11) is 0. The smallest absolute Gasteiger partial charge is 0.109 e. The number of ether oxygens (including phenoxy) is 1. The van der Waals surface area contributed by atoms with Crippen LogP contribution in [-0.4, -0.2) is 6.10 Å². The highest BCUT2D eigenvalue weighted by Gasteiger charge is 2.45. The summed E-state index contributed by atoms with van der Waals surface area (Å²) in [5, 5.41) is 0. The fraction of sp³-hybridized carbons (Fsp3) is 0.600. The van der Waals surface area contributed by atoms with Gasteiger partial charge in [-0.3, -0.25) is 0 Å². The van der Waals surface area contributed by atoms with Crippen molar-refractivity contribution in [1.82, 2.24) is 0 Å². The molecule has 1 aliphatic heterocycles. The normalized spacial score (nSPS) is 29.2. The minimum absolute atomic E-state index is 0.366. The van der Waals surface area contributed by atoms with E-state index in [4.69, 9.17) is 10.5 Å². The van der Waals surface area contributed by atoms with Gasteiger partial charge in [-0.1, -0.05) is 43.5 Å². The maximum absolute atomic E-state index is 5.88. The largest absolute Gasteiger partial charge is 0.364 e. The quantitative estimate of drug-likeness (QED) is 0.811. The van der Waals surface area contributed by atoms with E-state index in [-0.39, 0.29) is 0 Å². The predicted octanol–water partition coefficient (Wildman–Crippen LogP) is 3.17. The van der Waals surface area contributed by atoms with E-state index in [0.717, 1.165) is 5.92 Å². The first kappa shape index (κ1) is 11.2. The summed E-state index contributed by atoms with van der Waals surface area (Å²) in [6.07, 6.45) is 7.79. The molecule has 2 N–H and O–H groups in total. The second-order valence-corrected chi connectivity index (χ2v) is 5.37. The third kappa shape index (κ3) is 2.38. The average Bonchev–Trinajstić information content (AvgIpc) is 3.20. The summed E-state index contributed by atoms with van der Waals surface area (Å²) < 4.78 is 5.88. The first-order valence-corrected chi connectivity index (χ1v) is 6.83. The van der Waals surface area contributed by atoms with Gasteiger partial charge in [-0.15, -0.1) is 0 Å². The molecular formula is C15H21NO. The molecule has 1 saturated carbocycles. The summed E-state index contributed by atoms with van der Waals surface area (Å²) in [5.74, 6) is 0.808. The zero-order valence-corrected chi connectivity index (χ0v) is 10.3. The third-order valence-corrected chi connectivity index (χ3v) is 4.18. The minimum Gasteiger partial charge on any atom is -0.364 e. The maximum Gasteiger partial charge on any atom is 0.109 e. The first-order valence-electron chi connectivity index (χ1n) is 6.83. The molecule has 1 aromatic rings. The molecule has 2 fully saturated rings. The van der Waals surface area contributed by atoms with Gasteiger partial charge in [-0.05, 0) is 29.9 Å². The van der Waals surface area contributed by atoms with E-state index in [9.17, 15) is 0 Å². The highest BCUT2D eigenvalue weighted by molar-refractivity contribution is 5.27. The first-order chi connectivity index (χ1) is 8.38. The zero-order chi connectivity index (χ0) is 11.7.